The minimum atomic E-state index is -4.49. The third kappa shape index (κ3) is 5.19. The van der Waals surface area contributed by atoms with Crippen LogP contribution < -0.4 is 20.7 Å². The van der Waals surface area contributed by atoms with E-state index in [9.17, 15) is 18.0 Å². The second-order valence-electron chi connectivity index (χ2n) is 7.50. The van der Waals surface area contributed by atoms with E-state index in [1.165, 1.54) is 32.5 Å². The van der Waals surface area contributed by atoms with Crippen molar-refractivity contribution in [3.63, 3.8) is 0 Å². The first-order valence-corrected chi connectivity index (χ1v) is 10.5. The molecular formula is C23H21F3N8O2. The Morgan fingerprint density at radius 1 is 1.00 bits per heavy atom. The number of pyridine rings is 2. The summed E-state index contributed by atoms with van der Waals surface area (Å²) in [6.07, 6.45) is -0.865. The molecule has 0 atom stereocenters. The first kappa shape index (κ1) is 24.4. The van der Waals surface area contributed by atoms with Crippen LogP contribution in [-0.4, -0.2) is 44.8 Å². The van der Waals surface area contributed by atoms with Gasteiger partial charge in [0.15, 0.2) is 11.6 Å². The lowest BCUT2D eigenvalue weighted by molar-refractivity contribution is -0.137. The summed E-state index contributed by atoms with van der Waals surface area (Å²) in [5.74, 6) is 0.900. The van der Waals surface area contributed by atoms with Gasteiger partial charge in [0.1, 0.15) is 18.0 Å². The van der Waals surface area contributed by atoms with Gasteiger partial charge in [-0.05, 0) is 24.3 Å². The molecule has 0 saturated heterocycles. The lowest BCUT2D eigenvalue weighted by atomic mass is 10.1. The number of ether oxygens (including phenoxy) is 1. The average Bonchev–Trinajstić information content (AvgIpc) is 3.29. The molecule has 186 valence electrons. The number of alkyl halides is 3. The number of para-hydroxylation sites is 1. The molecule has 0 aliphatic carbocycles. The van der Waals surface area contributed by atoms with Crippen LogP contribution in [0.1, 0.15) is 15.9 Å². The third-order valence-corrected chi connectivity index (χ3v) is 5.05. The number of aromatic nitrogens is 5. The van der Waals surface area contributed by atoms with E-state index in [1.54, 1.807) is 36.3 Å². The number of aryl methyl sites for hydroxylation is 1. The first-order chi connectivity index (χ1) is 17.2. The van der Waals surface area contributed by atoms with E-state index in [2.05, 4.69) is 36.0 Å². The fourth-order valence-electron chi connectivity index (χ4n) is 3.35. The zero-order valence-electron chi connectivity index (χ0n) is 19.4. The molecule has 4 aromatic rings. The number of benzene rings is 1. The molecule has 0 spiro atoms. The van der Waals surface area contributed by atoms with Crippen molar-refractivity contribution in [3.05, 3.63) is 66.2 Å². The highest BCUT2D eigenvalue weighted by Gasteiger charge is 2.30. The van der Waals surface area contributed by atoms with Gasteiger partial charge in [-0.15, -0.1) is 0 Å². The summed E-state index contributed by atoms with van der Waals surface area (Å²) < 4.78 is 45.6. The monoisotopic (exact) mass is 498 g/mol. The van der Waals surface area contributed by atoms with Crippen molar-refractivity contribution in [2.24, 2.45) is 7.05 Å². The molecule has 3 heterocycles. The Kier molecular flexibility index (Phi) is 6.72. The molecule has 1 aromatic carbocycles. The van der Waals surface area contributed by atoms with E-state index in [0.29, 0.717) is 28.5 Å². The molecule has 0 saturated carbocycles. The van der Waals surface area contributed by atoms with Gasteiger partial charge < -0.3 is 20.7 Å². The van der Waals surface area contributed by atoms with Crippen LogP contribution in [0.2, 0.25) is 0 Å². The van der Waals surface area contributed by atoms with E-state index in [4.69, 9.17) is 4.74 Å². The summed E-state index contributed by atoms with van der Waals surface area (Å²) in [6.45, 7) is 0. The number of carbonyl (C=O) groups is 1. The number of methoxy groups -OCH3 is 1. The Morgan fingerprint density at radius 3 is 2.39 bits per heavy atom. The lowest BCUT2D eigenvalue weighted by Gasteiger charge is -2.17. The topological polar surface area (TPSA) is 119 Å². The molecule has 0 aliphatic heterocycles. The van der Waals surface area contributed by atoms with Crippen molar-refractivity contribution in [3.8, 4) is 17.1 Å². The van der Waals surface area contributed by atoms with Crippen LogP contribution in [0.15, 0.2) is 55.1 Å². The summed E-state index contributed by atoms with van der Waals surface area (Å²) in [7, 11) is 4.73. The number of anilines is 4. The molecule has 3 N–H and O–H groups in total. The highest BCUT2D eigenvalue weighted by Crippen LogP contribution is 2.37. The number of rotatable bonds is 7. The maximum Gasteiger partial charge on any atom is 0.417 e. The number of carbonyl (C=O) groups excluding carboxylic acids is 1. The Labute approximate surface area is 203 Å². The van der Waals surface area contributed by atoms with Gasteiger partial charge >= 0.3 is 6.18 Å². The van der Waals surface area contributed by atoms with Crippen molar-refractivity contribution in [1.82, 2.24) is 30.0 Å². The molecule has 0 fully saturated rings. The SMILES string of the molecule is CNC(=O)c1cnc(Nc2ccc(C(F)(F)F)cn2)cc1Nc1cccc(-c2ncn(C)n2)c1OC. The molecule has 0 unspecified atom stereocenters. The zero-order chi connectivity index (χ0) is 25.9. The normalized spacial score (nSPS) is 11.2. The zero-order valence-corrected chi connectivity index (χ0v) is 19.4. The highest BCUT2D eigenvalue weighted by atomic mass is 19.4. The number of nitrogens with zero attached hydrogens (tertiary/aromatic N) is 5. The van der Waals surface area contributed by atoms with Crippen molar-refractivity contribution in [1.29, 1.82) is 0 Å². The van der Waals surface area contributed by atoms with E-state index in [0.717, 1.165) is 12.3 Å². The summed E-state index contributed by atoms with van der Waals surface area (Å²) in [6, 6.07) is 8.97. The molecule has 0 aliphatic rings. The van der Waals surface area contributed by atoms with Gasteiger partial charge in [0.2, 0.25) is 0 Å². The highest BCUT2D eigenvalue weighted by molar-refractivity contribution is 6.00. The quantitative estimate of drug-likeness (QED) is 0.348. The van der Waals surface area contributed by atoms with Gasteiger partial charge in [0.05, 0.1) is 35.2 Å². The Balaban J connectivity index is 1.69. The van der Waals surface area contributed by atoms with Crippen LogP contribution in [0.25, 0.3) is 11.4 Å². The van der Waals surface area contributed by atoms with E-state index in [-0.39, 0.29) is 17.2 Å². The van der Waals surface area contributed by atoms with E-state index >= 15 is 0 Å². The summed E-state index contributed by atoms with van der Waals surface area (Å²) >= 11 is 0. The molecule has 0 bridgehead atoms. The number of hydrogen-bond acceptors (Lipinski definition) is 8. The summed E-state index contributed by atoms with van der Waals surface area (Å²) in [4.78, 5) is 24.7. The van der Waals surface area contributed by atoms with Crippen LogP contribution in [0.4, 0.5) is 36.2 Å². The second-order valence-corrected chi connectivity index (χ2v) is 7.50. The summed E-state index contributed by atoms with van der Waals surface area (Å²) in [5, 5.41) is 12.9. The first-order valence-electron chi connectivity index (χ1n) is 10.5. The number of nitrogens with one attached hydrogen (secondary N) is 3. The lowest BCUT2D eigenvalue weighted by Crippen LogP contribution is -2.19. The fourth-order valence-corrected chi connectivity index (χ4v) is 3.35. The van der Waals surface area contributed by atoms with Crippen molar-refractivity contribution in [2.45, 2.75) is 6.18 Å². The maximum atomic E-state index is 12.8. The van der Waals surface area contributed by atoms with Gasteiger partial charge in [-0.2, -0.15) is 18.3 Å². The standard InChI is InChI=1S/C23H21F3N8O2/c1-27-22(35)15-11-29-19(32-18-8-7-13(10-28-18)23(24,25)26)9-17(15)31-16-6-4-5-14(20(16)36-3)21-30-12-34(2)33-21/h4-12H,1-3H3,(H,27,35)(H2,28,29,31,32). The van der Waals surface area contributed by atoms with Crippen LogP contribution in [-0.2, 0) is 13.2 Å². The van der Waals surface area contributed by atoms with Crippen molar-refractivity contribution in [2.75, 3.05) is 24.8 Å². The largest absolute Gasteiger partial charge is 0.494 e. The molecule has 3 aromatic heterocycles. The molecule has 10 nitrogen and oxygen atoms in total. The molecule has 1 amide bonds. The minimum absolute atomic E-state index is 0.148. The minimum Gasteiger partial charge on any atom is -0.494 e. The van der Waals surface area contributed by atoms with Crippen molar-refractivity contribution < 1.29 is 22.7 Å². The van der Waals surface area contributed by atoms with E-state index in [1.807, 2.05) is 0 Å². The van der Waals surface area contributed by atoms with Crippen LogP contribution in [0, 0.1) is 0 Å². The predicted molar refractivity (Wildman–Crippen MR) is 126 cm³/mol. The van der Waals surface area contributed by atoms with Crippen LogP contribution in [0.3, 0.4) is 0 Å². The maximum absolute atomic E-state index is 12.8. The number of amides is 1. The number of halogens is 3. The smallest absolute Gasteiger partial charge is 0.417 e. The average molecular weight is 498 g/mol. The second kappa shape index (κ2) is 9.90. The van der Waals surface area contributed by atoms with E-state index < -0.39 is 17.6 Å². The predicted octanol–water partition coefficient (Wildman–Crippen LogP) is 4.15. The molecule has 36 heavy (non-hydrogen) atoms. The van der Waals surface area contributed by atoms with Crippen molar-refractivity contribution >= 4 is 28.9 Å². The third-order valence-electron chi connectivity index (χ3n) is 5.05. The Bertz CT molecular complexity index is 1390. The van der Waals surface area contributed by atoms with Gasteiger partial charge in [0.25, 0.3) is 5.91 Å². The molecule has 13 heteroatoms. The molecule has 0 radical (unpaired) electrons. The summed E-state index contributed by atoms with van der Waals surface area (Å²) in [5.41, 5.74) is 0.881. The molecule has 4 rings (SSSR count). The Hall–Kier alpha value is -4.68. The van der Waals surface area contributed by atoms with Gasteiger partial charge in [-0.25, -0.2) is 15.0 Å². The fraction of sp³-hybridized carbons (Fsp3) is 0.174. The van der Waals surface area contributed by atoms with Gasteiger partial charge in [0, 0.05) is 32.6 Å². The Morgan fingerprint density at radius 2 is 1.78 bits per heavy atom. The van der Waals surface area contributed by atoms with Gasteiger partial charge in [-0.3, -0.25) is 9.48 Å². The van der Waals surface area contributed by atoms with Crippen LogP contribution in [0.5, 0.6) is 5.75 Å². The van der Waals surface area contributed by atoms with Crippen LogP contribution >= 0.6 is 0 Å². The van der Waals surface area contributed by atoms with Gasteiger partial charge in [-0.1, -0.05) is 6.07 Å². The number of hydrogen-bond donors (Lipinski definition) is 3. The molecular weight excluding hydrogens is 477 g/mol.